The van der Waals surface area contributed by atoms with Crippen molar-refractivity contribution in [2.75, 3.05) is 6.61 Å². The molecule has 246 valence electrons. The molecule has 0 aromatic heterocycles. The number of nitrogens with one attached hydrogen (secondary N) is 1. The molecule has 0 heterocycles. The zero-order chi connectivity index (χ0) is 30.9. The van der Waals surface area contributed by atoms with Crippen LogP contribution in [0.1, 0.15) is 168 Å². The molecule has 0 aliphatic carbocycles. The van der Waals surface area contributed by atoms with E-state index < -0.39 is 18.2 Å². The summed E-state index contributed by atoms with van der Waals surface area (Å²) in [5.74, 6) is -0.364. The van der Waals surface area contributed by atoms with E-state index in [-0.39, 0.29) is 18.9 Å². The number of hydrogen-bond acceptors (Lipinski definition) is 4. The van der Waals surface area contributed by atoms with E-state index in [1.807, 2.05) is 12.2 Å². The molecule has 5 nitrogen and oxygen atoms in total. The molecule has 3 unspecified atom stereocenters. The fourth-order valence-corrected chi connectivity index (χ4v) is 5.12. The monoisotopic (exact) mass is 592 g/mol. The average Bonchev–Trinajstić information content (AvgIpc) is 2.98. The molecule has 4 N–H and O–H groups in total. The van der Waals surface area contributed by atoms with Crippen molar-refractivity contribution < 1.29 is 20.1 Å². The van der Waals surface area contributed by atoms with Gasteiger partial charge in [-0.25, -0.2) is 0 Å². The van der Waals surface area contributed by atoms with Gasteiger partial charge in [0.15, 0.2) is 0 Å². The molecule has 0 spiro atoms. The SMILES string of the molecule is CCCCCC/C=C\CC(O)CC(=O)NC(CO)C(O)/C=C/CC/C=C/CCCCCCCCCCCCCCCC. The molecule has 0 bridgehead atoms. The lowest BCUT2D eigenvalue weighted by molar-refractivity contribution is -0.124. The van der Waals surface area contributed by atoms with Gasteiger partial charge >= 0.3 is 0 Å². The minimum absolute atomic E-state index is 0.0444. The number of unbranched alkanes of at least 4 members (excludes halogenated alkanes) is 19. The second-order valence-electron chi connectivity index (χ2n) is 12.1. The Hall–Kier alpha value is -1.43. The van der Waals surface area contributed by atoms with Gasteiger partial charge in [0.1, 0.15) is 0 Å². The van der Waals surface area contributed by atoms with Crippen LogP contribution in [0.2, 0.25) is 0 Å². The Morgan fingerprint density at radius 2 is 1.02 bits per heavy atom. The van der Waals surface area contributed by atoms with Gasteiger partial charge in [0.2, 0.25) is 5.91 Å². The Morgan fingerprint density at radius 1 is 0.595 bits per heavy atom. The van der Waals surface area contributed by atoms with Crippen molar-refractivity contribution in [1.29, 1.82) is 0 Å². The first kappa shape index (κ1) is 40.6. The largest absolute Gasteiger partial charge is 0.394 e. The summed E-state index contributed by atoms with van der Waals surface area (Å²) in [6, 6.07) is -0.772. The highest BCUT2D eigenvalue weighted by Gasteiger charge is 2.19. The van der Waals surface area contributed by atoms with Crippen LogP contribution in [-0.4, -0.2) is 46.1 Å². The Bertz CT molecular complexity index is 660. The van der Waals surface area contributed by atoms with Crippen molar-refractivity contribution in [2.24, 2.45) is 0 Å². The van der Waals surface area contributed by atoms with Crippen LogP contribution in [0.15, 0.2) is 36.5 Å². The number of aliphatic hydroxyl groups is 3. The van der Waals surface area contributed by atoms with E-state index in [4.69, 9.17) is 0 Å². The molecular formula is C37H69NO4. The third-order valence-electron chi connectivity index (χ3n) is 7.90. The molecule has 0 aliphatic heterocycles. The summed E-state index contributed by atoms with van der Waals surface area (Å²) in [7, 11) is 0. The number of rotatable bonds is 31. The van der Waals surface area contributed by atoms with Gasteiger partial charge in [0.05, 0.1) is 31.3 Å². The van der Waals surface area contributed by atoms with Gasteiger partial charge in [-0.2, -0.15) is 0 Å². The normalized spacial score (nSPS) is 14.3. The molecule has 0 rings (SSSR count). The lowest BCUT2D eigenvalue weighted by Crippen LogP contribution is -2.45. The van der Waals surface area contributed by atoms with Gasteiger partial charge in [-0.1, -0.05) is 153 Å². The maximum atomic E-state index is 12.2. The summed E-state index contributed by atoms with van der Waals surface area (Å²) < 4.78 is 0. The summed E-state index contributed by atoms with van der Waals surface area (Å²) in [4.78, 5) is 12.2. The zero-order valence-corrected chi connectivity index (χ0v) is 27.6. The Morgan fingerprint density at radius 3 is 1.55 bits per heavy atom. The van der Waals surface area contributed by atoms with Crippen LogP contribution in [-0.2, 0) is 4.79 Å². The maximum Gasteiger partial charge on any atom is 0.223 e. The first-order valence-electron chi connectivity index (χ1n) is 17.8. The predicted molar refractivity (Wildman–Crippen MR) is 181 cm³/mol. The molecule has 42 heavy (non-hydrogen) atoms. The van der Waals surface area contributed by atoms with E-state index in [0.29, 0.717) is 6.42 Å². The highest BCUT2D eigenvalue weighted by molar-refractivity contribution is 5.76. The van der Waals surface area contributed by atoms with E-state index in [1.54, 1.807) is 6.08 Å². The summed E-state index contributed by atoms with van der Waals surface area (Å²) in [5, 5.41) is 32.7. The van der Waals surface area contributed by atoms with Crippen LogP contribution in [0.25, 0.3) is 0 Å². The van der Waals surface area contributed by atoms with Gasteiger partial charge in [-0.3, -0.25) is 4.79 Å². The van der Waals surface area contributed by atoms with Crippen LogP contribution in [0, 0.1) is 0 Å². The van der Waals surface area contributed by atoms with E-state index in [0.717, 1.165) is 32.1 Å². The van der Waals surface area contributed by atoms with Crippen LogP contribution < -0.4 is 5.32 Å². The Kier molecular flexibility index (Phi) is 31.4. The van der Waals surface area contributed by atoms with Crippen LogP contribution in [0.4, 0.5) is 0 Å². The van der Waals surface area contributed by atoms with Crippen LogP contribution in [0.3, 0.4) is 0 Å². The molecule has 0 aromatic rings. The fraction of sp³-hybridized carbons (Fsp3) is 0.811. The van der Waals surface area contributed by atoms with E-state index in [1.165, 1.54) is 109 Å². The second kappa shape index (κ2) is 32.5. The van der Waals surface area contributed by atoms with Gasteiger partial charge in [0.25, 0.3) is 0 Å². The highest BCUT2D eigenvalue weighted by Crippen LogP contribution is 2.13. The molecule has 0 aromatic carbocycles. The summed E-state index contributed by atoms with van der Waals surface area (Å²) >= 11 is 0. The quantitative estimate of drug-likeness (QED) is 0.0478. The number of aliphatic hydroxyl groups excluding tert-OH is 3. The molecule has 0 fully saturated rings. The molecule has 0 saturated carbocycles. The number of hydrogen-bond donors (Lipinski definition) is 4. The summed E-state index contributed by atoms with van der Waals surface area (Å²) in [6.45, 7) is 4.11. The van der Waals surface area contributed by atoms with E-state index in [2.05, 4.69) is 37.4 Å². The minimum Gasteiger partial charge on any atom is -0.394 e. The van der Waals surface area contributed by atoms with E-state index >= 15 is 0 Å². The molecule has 5 heteroatoms. The number of carbonyl (C=O) groups excluding carboxylic acids is 1. The van der Waals surface area contributed by atoms with Crippen LogP contribution in [0.5, 0.6) is 0 Å². The van der Waals surface area contributed by atoms with Crippen LogP contribution >= 0.6 is 0 Å². The predicted octanol–water partition coefficient (Wildman–Crippen LogP) is 9.26. The standard InChI is InChI=1S/C37H69NO4/c1-3-5-7-9-11-12-13-14-15-16-17-18-19-20-21-22-23-25-27-29-31-36(41)35(33-39)38-37(42)32-34(40)30-28-26-24-10-8-6-4-2/h22-23,26,28-29,31,34-36,39-41H,3-21,24-25,27,30,32-33H2,1-2H3,(H,38,42)/b23-22+,28-26-,31-29+. The Labute approximate surface area is 260 Å². The van der Waals surface area contributed by atoms with Crippen molar-refractivity contribution in [1.82, 2.24) is 5.32 Å². The fourth-order valence-electron chi connectivity index (χ4n) is 5.12. The van der Waals surface area contributed by atoms with Gasteiger partial charge in [-0.05, 0) is 44.9 Å². The molecule has 0 radical (unpaired) electrons. The third kappa shape index (κ3) is 28.7. The minimum atomic E-state index is -0.960. The Balaban J connectivity index is 3.77. The number of amides is 1. The lowest BCUT2D eigenvalue weighted by atomic mass is 10.0. The van der Waals surface area contributed by atoms with Gasteiger partial charge < -0.3 is 20.6 Å². The molecule has 0 aliphatic rings. The first-order valence-corrected chi connectivity index (χ1v) is 17.8. The number of allylic oxidation sites excluding steroid dienone is 4. The molecule has 1 amide bonds. The average molecular weight is 592 g/mol. The van der Waals surface area contributed by atoms with E-state index in [9.17, 15) is 20.1 Å². The highest BCUT2D eigenvalue weighted by atomic mass is 16.3. The van der Waals surface area contributed by atoms with Crippen molar-refractivity contribution >= 4 is 5.91 Å². The van der Waals surface area contributed by atoms with Crippen molar-refractivity contribution in [3.05, 3.63) is 36.5 Å². The topological polar surface area (TPSA) is 89.8 Å². The molecule has 3 atom stereocenters. The molecule has 0 saturated heterocycles. The number of carbonyl (C=O) groups is 1. The zero-order valence-electron chi connectivity index (χ0n) is 27.6. The van der Waals surface area contributed by atoms with Crippen molar-refractivity contribution in [3.63, 3.8) is 0 Å². The first-order chi connectivity index (χ1) is 20.5. The van der Waals surface area contributed by atoms with Crippen molar-refractivity contribution in [2.45, 2.75) is 186 Å². The summed E-state index contributed by atoms with van der Waals surface area (Å²) in [6.07, 6.45) is 38.7. The summed E-state index contributed by atoms with van der Waals surface area (Å²) in [5.41, 5.74) is 0. The maximum absolute atomic E-state index is 12.2. The lowest BCUT2D eigenvalue weighted by Gasteiger charge is -2.20. The smallest absolute Gasteiger partial charge is 0.223 e. The van der Waals surface area contributed by atoms with Crippen molar-refractivity contribution in [3.8, 4) is 0 Å². The van der Waals surface area contributed by atoms with Gasteiger partial charge in [0, 0.05) is 0 Å². The third-order valence-corrected chi connectivity index (χ3v) is 7.90. The second-order valence-corrected chi connectivity index (χ2v) is 12.1. The molecular weight excluding hydrogens is 522 g/mol. The van der Waals surface area contributed by atoms with Gasteiger partial charge in [-0.15, -0.1) is 0 Å².